The van der Waals surface area contributed by atoms with Gasteiger partial charge < -0.3 is 10.4 Å². The largest absolute Gasteiger partial charge is 0.477 e. The van der Waals surface area contributed by atoms with Crippen LogP contribution in [0.1, 0.15) is 27.3 Å². The lowest BCUT2D eigenvalue weighted by Crippen LogP contribution is -2.08. The summed E-state index contributed by atoms with van der Waals surface area (Å²) in [6.07, 6.45) is 0. The van der Waals surface area contributed by atoms with Crippen molar-refractivity contribution in [2.24, 2.45) is 0 Å². The van der Waals surface area contributed by atoms with Gasteiger partial charge in [0.05, 0.1) is 11.3 Å². The number of carboxylic acid groups (broad SMARTS) is 1. The van der Waals surface area contributed by atoms with Crippen molar-refractivity contribution in [2.45, 2.75) is 20.8 Å². The van der Waals surface area contributed by atoms with Gasteiger partial charge in [-0.1, -0.05) is 18.2 Å². The molecule has 2 aromatic heterocycles. The summed E-state index contributed by atoms with van der Waals surface area (Å²) < 4.78 is 14.8. The molecule has 146 valence electrons. The second-order valence-corrected chi connectivity index (χ2v) is 6.93. The fourth-order valence-corrected chi connectivity index (χ4v) is 3.50. The van der Waals surface area contributed by atoms with Gasteiger partial charge in [0.15, 0.2) is 11.3 Å². The molecule has 0 aliphatic heterocycles. The molecule has 0 unspecified atom stereocenters. The highest BCUT2D eigenvalue weighted by Gasteiger charge is 2.21. The Labute approximate surface area is 166 Å². The molecule has 0 fully saturated rings. The summed E-state index contributed by atoms with van der Waals surface area (Å²) in [7, 11) is 0. The quantitative estimate of drug-likeness (QED) is 0.518. The van der Waals surface area contributed by atoms with Crippen LogP contribution in [0.15, 0.2) is 48.5 Å². The van der Waals surface area contributed by atoms with E-state index in [4.69, 9.17) is 0 Å². The first-order valence-electron chi connectivity index (χ1n) is 9.08. The lowest BCUT2D eigenvalue weighted by atomic mass is 9.96. The lowest BCUT2D eigenvalue weighted by Gasteiger charge is -2.11. The third-order valence-electron chi connectivity index (χ3n) is 4.83. The molecule has 0 bridgehead atoms. The maximum absolute atomic E-state index is 13.2. The predicted molar refractivity (Wildman–Crippen MR) is 109 cm³/mol. The van der Waals surface area contributed by atoms with Crippen molar-refractivity contribution in [1.82, 2.24) is 14.6 Å². The van der Waals surface area contributed by atoms with Crippen LogP contribution in [0.2, 0.25) is 0 Å². The van der Waals surface area contributed by atoms with Gasteiger partial charge in [-0.2, -0.15) is 9.61 Å². The highest BCUT2D eigenvalue weighted by molar-refractivity contribution is 5.90. The van der Waals surface area contributed by atoms with Crippen LogP contribution < -0.4 is 5.32 Å². The highest BCUT2D eigenvalue weighted by Crippen LogP contribution is 2.34. The molecule has 0 radical (unpaired) electrons. The van der Waals surface area contributed by atoms with Crippen molar-refractivity contribution in [3.63, 3.8) is 0 Å². The van der Waals surface area contributed by atoms with Gasteiger partial charge in [-0.25, -0.2) is 14.2 Å². The number of anilines is 2. The number of fused-ring (bicyclic) bond motifs is 1. The normalized spacial score (nSPS) is 11.0. The molecule has 6 nitrogen and oxygen atoms in total. The van der Waals surface area contributed by atoms with Crippen LogP contribution in [0.25, 0.3) is 16.8 Å². The minimum absolute atomic E-state index is 0.102. The Bertz CT molecular complexity index is 1230. The molecular formula is C22H19FN4O2. The minimum atomic E-state index is -1.14. The topological polar surface area (TPSA) is 79.5 Å². The van der Waals surface area contributed by atoms with E-state index >= 15 is 0 Å². The summed E-state index contributed by atoms with van der Waals surface area (Å²) in [5.74, 6) is -1.06. The van der Waals surface area contributed by atoms with E-state index in [1.165, 1.54) is 18.2 Å². The molecule has 4 aromatic rings. The summed E-state index contributed by atoms with van der Waals surface area (Å²) in [6, 6.07) is 13.2. The van der Waals surface area contributed by atoms with Crippen LogP contribution in [0.5, 0.6) is 0 Å². The molecule has 4 rings (SSSR count). The highest BCUT2D eigenvalue weighted by atomic mass is 19.1. The van der Waals surface area contributed by atoms with Crippen LogP contribution in [-0.4, -0.2) is 25.7 Å². The zero-order valence-corrected chi connectivity index (χ0v) is 16.2. The Hall–Kier alpha value is -3.74. The average Bonchev–Trinajstić information content (AvgIpc) is 3.00. The Morgan fingerprint density at radius 2 is 1.69 bits per heavy atom. The van der Waals surface area contributed by atoms with E-state index in [9.17, 15) is 14.3 Å². The van der Waals surface area contributed by atoms with Crippen molar-refractivity contribution in [3.8, 4) is 11.1 Å². The number of nitrogens with one attached hydrogen (secondary N) is 1. The van der Waals surface area contributed by atoms with E-state index in [2.05, 4.69) is 15.4 Å². The van der Waals surface area contributed by atoms with E-state index in [0.717, 1.165) is 27.9 Å². The summed E-state index contributed by atoms with van der Waals surface area (Å²) in [4.78, 5) is 16.1. The summed E-state index contributed by atoms with van der Waals surface area (Å²) in [6.45, 7) is 5.88. The van der Waals surface area contributed by atoms with Crippen molar-refractivity contribution in [1.29, 1.82) is 0 Å². The van der Waals surface area contributed by atoms with Crippen molar-refractivity contribution in [2.75, 3.05) is 5.32 Å². The van der Waals surface area contributed by atoms with E-state index < -0.39 is 5.97 Å². The van der Waals surface area contributed by atoms with E-state index in [1.807, 2.05) is 39.0 Å². The van der Waals surface area contributed by atoms with E-state index in [0.29, 0.717) is 17.2 Å². The number of carbonyl (C=O) groups is 1. The first kappa shape index (κ1) is 18.6. The lowest BCUT2D eigenvalue weighted by molar-refractivity contribution is 0.0690. The SMILES string of the molecule is Cc1cccc(C)c1-c1c(C)nn2c(Nc3ccc(F)cc3)cc(C(=O)O)nc12. The molecular weight excluding hydrogens is 371 g/mol. The summed E-state index contributed by atoms with van der Waals surface area (Å²) in [5, 5.41) is 17.3. The second-order valence-electron chi connectivity index (χ2n) is 6.93. The molecule has 0 saturated heterocycles. The fourth-order valence-electron chi connectivity index (χ4n) is 3.50. The van der Waals surface area contributed by atoms with E-state index in [1.54, 1.807) is 16.6 Å². The van der Waals surface area contributed by atoms with Crippen molar-refractivity contribution in [3.05, 3.63) is 76.9 Å². The Balaban J connectivity index is 1.98. The van der Waals surface area contributed by atoms with Gasteiger partial charge in [0, 0.05) is 11.8 Å². The first-order chi connectivity index (χ1) is 13.8. The van der Waals surface area contributed by atoms with Crippen LogP contribution in [0, 0.1) is 26.6 Å². The van der Waals surface area contributed by atoms with Crippen LogP contribution in [-0.2, 0) is 0 Å². The molecule has 2 heterocycles. The third kappa shape index (κ3) is 3.31. The number of halogens is 1. The van der Waals surface area contributed by atoms with Gasteiger partial charge in [0.25, 0.3) is 0 Å². The molecule has 0 atom stereocenters. The Kier molecular flexibility index (Phi) is 4.50. The van der Waals surface area contributed by atoms with Gasteiger partial charge in [-0.3, -0.25) is 0 Å². The van der Waals surface area contributed by atoms with Crippen LogP contribution in [0.4, 0.5) is 15.9 Å². The van der Waals surface area contributed by atoms with Gasteiger partial charge in [-0.05, 0) is 61.7 Å². The molecule has 0 aliphatic rings. The van der Waals surface area contributed by atoms with Gasteiger partial charge in [0.1, 0.15) is 11.6 Å². The Morgan fingerprint density at radius 1 is 1.03 bits per heavy atom. The maximum atomic E-state index is 13.2. The van der Waals surface area contributed by atoms with Crippen LogP contribution in [0.3, 0.4) is 0 Å². The van der Waals surface area contributed by atoms with Gasteiger partial charge in [0.2, 0.25) is 0 Å². The molecule has 29 heavy (non-hydrogen) atoms. The fraction of sp³-hybridized carbons (Fsp3) is 0.136. The number of benzene rings is 2. The molecule has 7 heteroatoms. The minimum Gasteiger partial charge on any atom is -0.477 e. The van der Waals surface area contributed by atoms with Gasteiger partial charge >= 0.3 is 5.97 Å². The third-order valence-corrected chi connectivity index (χ3v) is 4.83. The zero-order valence-electron chi connectivity index (χ0n) is 16.2. The number of aryl methyl sites for hydroxylation is 3. The van der Waals surface area contributed by atoms with Gasteiger partial charge in [-0.15, -0.1) is 0 Å². The molecule has 2 N–H and O–H groups in total. The number of hydrogen-bond donors (Lipinski definition) is 2. The second kappa shape index (κ2) is 7.01. The number of aromatic carboxylic acids is 1. The predicted octanol–water partition coefficient (Wildman–Crippen LogP) is 4.90. The summed E-state index contributed by atoms with van der Waals surface area (Å²) in [5.41, 5.74) is 5.58. The average molecular weight is 390 g/mol. The van der Waals surface area contributed by atoms with Crippen molar-refractivity contribution < 1.29 is 14.3 Å². The number of hydrogen-bond acceptors (Lipinski definition) is 4. The molecule has 2 aromatic carbocycles. The van der Waals surface area contributed by atoms with E-state index in [-0.39, 0.29) is 11.5 Å². The monoisotopic (exact) mass is 390 g/mol. The first-order valence-corrected chi connectivity index (χ1v) is 9.08. The number of nitrogens with zero attached hydrogens (tertiary/aromatic N) is 3. The molecule has 0 saturated carbocycles. The zero-order chi connectivity index (χ0) is 20.7. The number of aromatic nitrogens is 3. The van der Waals surface area contributed by atoms with Crippen molar-refractivity contribution >= 4 is 23.1 Å². The number of carboxylic acids is 1. The maximum Gasteiger partial charge on any atom is 0.354 e. The standard InChI is InChI=1S/C22H19FN4O2/c1-12-5-4-6-13(2)19(12)20-14(3)26-27-18(11-17(22(28)29)25-21(20)27)24-16-9-7-15(23)8-10-16/h4-11,24H,1-3H3,(H,28,29). The molecule has 0 spiro atoms. The van der Waals surface area contributed by atoms with Crippen LogP contribution >= 0.6 is 0 Å². The molecule has 0 amide bonds. The Morgan fingerprint density at radius 3 is 2.31 bits per heavy atom. The molecule has 0 aliphatic carbocycles. The number of rotatable bonds is 4. The summed E-state index contributed by atoms with van der Waals surface area (Å²) >= 11 is 0. The smallest absolute Gasteiger partial charge is 0.354 e.